The Labute approximate surface area is 119 Å². The molecule has 2 N–H and O–H groups in total. The van der Waals surface area contributed by atoms with E-state index in [2.05, 4.69) is 5.32 Å². The third-order valence-corrected chi connectivity index (χ3v) is 3.41. The summed E-state index contributed by atoms with van der Waals surface area (Å²) in [6.45, 7) is 0.339. The fourth-order valence-electron chi connectivity index (χ4n) is 1.36. The number of nitrogens with one attached hydrogen (secondary N) is 1. The largest absolute Gasteiger partial charge is 0.507 e. The van der Waals surface area contributed by atoms with Crippen molar-refractivity contribution >= 4 is 34.4 Å². The molecule has 0 unspecified atom stereocenters. The predicted molar refractivity (Wildman–Crippen MR) is 76.5 cm³/mol. The summed E-state index contributed by atoms with van der Waals surface area (Å²) in [6, 6.07) is 4.76. The molecule has 1 rings (SSSR count). The highest BCUT2D eigenvalue weighted by Gasteiger charge is 2.13. The molecule has 0 aromatic heterocycles. The third-order valence-electron chi connectivity index (χ3n) is 2.49. The van der Waals surface area contributed by atoms with Crippen molar-refractivity contribution in [3.63, 3.8) is 0 Å². The number of carbonyl (C=O) groups is 2. The summed E-state index contributed by atoms with van der Waals surface area (Å²) < 4.78 is 0.692. The Morgan fingerprint density at radius 2 is 2.11 bits per heavy atom. The van der Waals surface area contributed by atoms with E-state index in [1.54, 1.807) is 26.2 Å². The molecule has 0 radical (unpaired) electrons. The lowest BCUT2D eigenvalue weighted by molar-refractivity contribution is -0.120. The van der Waals surface area contributed by atoms with Gasteiger partial charge in [0, 0.05) is 32.6 Å². The first-order valence-corrected chi connectivity index (χ1v) is 6.48. The van der Waals surface area contributed by atoms with Gasteiger partial charge in [0.25, 0.3) is 5.91 Å². The van der Waals surface area contributed by atoms with E-state index in [-0.39, 0.29) is 24.0 Å². The zero-order valence-corrected chi connectivity index (χ0v) is 12.4. The van der Waals surface area contributed by atoms with Crippen LogP contribution in [0.25, 0.3) is 0 Å². The van der Waals surface area contributed by atoms with Gasteiger partial charge in [-0.05, 0) is 40.8 Å². The van der Waals surface area contributed by atoms with Crippen molar-refractivity contribution < 1.29 is 14.7 Å². The van der Waals surface area contributed by atoms with E-state index in [0.717, 1.165) is 0 Å². The van der Waals surface area contributed by atoms with E-state index in [4.69, 9.17) is 0 Å². The number of hydrogen-bond donors (Lipinski definition) is 2. The standard InChI is InChI=1S/C12H15IN2O3/c1-14-11(17)5-6-15(2)12(18)8-3-4-9(13)10(16)7-8/h3-4,7,16H,5-6H2,1-2H3,(H,14,17). The molecule has 2 amide bonds. The number of rotatable bonds is 4. The van der Waals surface area contributed by atoms with E-state index in [9.17, 15) is 14.7 Å². The van der Waals surface area contributed by atoms with Crippen LogP contribution in [0, 0.1) is 3.57 Å². The summed E-state index contributed by atoms with van der Waals surface area (Å²) in [5.41, 5.74) is 0.410. The van der Waals surface area contributed by atoms with Crippen LogP contribution in [0.3, 0.4) is 0 Å². The monoisotopic (exact) mass is 362 g/mol. The van der Waals surface area contributed by atoms with E-state index >= 15 is 0 Å². The molecule has 0 aliphatic rings. The second-order valence-electron chi connectivity index (χ2n) is 3.82. The molecule has 6 heteroatoms. The molecule has 0 spiro atoms. The van der Waals surface area contributed by atoms with Crippen molar-refractivity contribution in [3.8, 4) is 5.75 Å². The number of phenolic OH excluding ortho intramolecular Hbond substituents is 1. The van der Waals surface area contributed by atoms with Crippen LogP contribution in [0.4, 0.5) is 0 Å². The molecule has 0 heterocycles. The maximum absolute atomic E-state index is 12.0. The van der Waals surface area contributed by atoms with Gasteiger partial charge in [-0.25, -0.2) is 0 Å². The first-order chi connectivity index (χ1) is 8.45. The van der Waals surface area contributed by atoms with Crippen molar-refractivity contribution in [2.24, 2.45) is 0 Å². The number of benzene rings is 1. The summed E-state index contributed by atoms with van der Waals surface area (Å²) in [7, 11) is 3.18. The number of aromatic hydroxyl groups is 1. The molecule has 5 nitrogen and oxygen atoms in total. The van der Waals surface area contributed by atoms with Crippen molar-refractivity contribution in [1.82, 2.24) is 10.2 Å². The number of nitrogens with zero attached hydrogens (tertiary/aromatic N) is 1. The Morgan fingerprint density at radius 3 is 2.67 bits per heavy atom. The van der Waals surface area contributed by atoms with Crippen LogP contribution in [-0.4, -0.2) is 42.5 Å². The minimum absolute atomic E-state index is 0.0844. The van der Waals surface area contributed by atoms with E-state index in [0.29, 0.717) is 15.7 Å². The zero-order chi connectivity index (χ0) is 13.7. The minimum Gasteiger partial charge on any atom is -0.507 e. The van der Waals surface area contributed by atoms with Gasteiger partial charge < -0.3 is 15.3 Å². The summed E-state index contributed by atoms with van der Waals surface area (Å²) in [5.74, 6) is -0.244. The molecule has 0 aliphatic heterocycles. The average Bonchev–Trinajstić information content (AvgIpc) is 2.37. The van der Waals surface area contributed by atoms with Crippen molar-refractivity contribution in [1.29, 1.82) is 0 Å². The van der Waals surface area contributed by atoms with Crippen LogP contribution in [-0.2, 0) is 4.79 Å². The van der Waals surface area contributed by atoms with E-state index in [1.165, 1.54) is 11.0 Å². The maximum Gasteiger partial charge on any atom is 0.253 e. The summed E-state index contributed by atoms with van der Waals surface area (Å²) >= 11 is 1.98. The van der Waals surface area contributed by atoms with Crippen LogP contribution in [0.15, 0.2) is 18.2 Å². The molecular weight excluding hydrogens is 347 g/mol. The molecule has 0 fully saturated rings. The van der Waals surface area contributed by atoms with Crippen LogP contribution in [0.5, 0.6) is 5.75 Å². The zero-order valence-electron chi connectivity index (χ0n) is 10.2. The Balaban J connectivity index is 2.68. The first kappa shape index (κ1) is 14.7. The van der Waals surface area contributed by atoms with Gasteiger partial charge in [-0.3, -0.25) is 9.59 Å². The number of amides is 2. The van der Waals surface area contributed by atoms with Crippen LogP contribution in [0.2, 0.25) is 0 Å². The number of carbonyl (C=O) groups excluding carboxylic acids is 2. The Kier molecular flexibility index (Phi) is 5.39. The van der Waals surface area contributed by atoms with Gasteiger partial charge in [-0.1, -0.05) is 0 Å². The Bertz CT molecular complexity index is 463. The SMILES string of the molecule is CNC(=O)CCN(C)C(=O)c1ccc(I)c(O)c1. The van der Waals surface area contributed by atoms with Gasteiger partial charge >= 0.3 is 0 Å². The van der Waals surface area contributed by atoms with Crippen LogP contribution in [0.1, 0.15) is 16.8 Å². The molecule has 1 aromatic carbocycles. The maximum atomic E-state index is 12.0. The van der Waals surface area contributed by atoms with Crippen LogP contribution < -0.4 is 5.32 Å². The van der Waals surface area contributed by atoms with Gasteiger partial charge in [0.15, 0.2) is 0 Å². The molecule has 98 valence electrons. The molecular formula is C12H15IN2O3. The second-order valence-corrected chi connectivity index (χ2v) is 4.98. The van der Waals surface area contributed by atoms with Gasteiger partial charge in [0.1, 0.15) is 5.75 Å². The molecule has 0 bridgehead atoms. The first-order valence-electron chi connectivity index (χ1n) is 5.40. The topological polar surface area (TPSA) is 69.6 Å². The quantitative estimate of drug-likeness (QED) is 0.791. The third kappa shape index (κ3) is 3.86. The Morgan fingerprint density at radius 1 is 1.44 bits per heavy atom. The molecule has 18 heavy (non-hydrogen) atoms. The van der Waals surface area contributed by atoms with Crippen molar-refractivity contribution in [2.75, 3.05) is 20.6 Å². The molecule has 0 aliphatic carbocycles. The lowest BCUT2D eigenvalue weighted by atomic mass is 10.2. The van der Waals surface area contributed by atoms with E-state index in [1.807, 2.05) is 22.6 Å². The summed E-state index contributed by atoms with van der Waals surface area (Å²) in [5, 5.41) is 12.0. The fourth-order valence-corrected chi connectivity index (χ4v) is 1.70. The van der Waals surface area contributed by atoms with Crippen molar-refractivity contribution in [2.45, 2.75) is 6.42 Å². The second kappa shape index (κ2) is 6.58. The smallest absolute Gasteiger partial charge is 0.253 e. The average molecular weight is 362 g/mol. The minimum atomic E-state index is -0.217. The van der Waals surface area contributed by atoms with Gasteiger partial charge in [-0.15, -0.1) is 0 Å². The number of hydrogen-bond acceptors (Lipinski definition) is 3. The molecule has 0 atom stereocenters. The normalized spacial score (nSPS) is 9.94. The predicted octanol–water partition coefficient (Wildman–Crippen LogP) is 1.20. The molecule has 1 aromatic rings. The lowest BCUT2D eigenvalue weighted by Gasteiger charge is -2.16. The van der Waals surface area contributed by atoms with Crippen molar-refractivity contribution in [3.05, 3.63) is 27.3 Å². The molecule has 0 saturated heterocycles. The van der Waals surface area contributed by atoms with Gasteiger partial charge in [0.2, 0.25) is 5.91 Å². The highest BCUT2D eigenvalue weighted by molar-refractivity contribution is 14.1. The Hall–Kier alpha value is -1.31. The van der Waals surface area contributed by atoms with Gasteiger partial charge in [-0.2, -0.15) is 0 Å². The fraction of sp³-hybridized carbons (Fsp3) is 0.333. The van der Waals surface area contributed by atoms with Crippen LogP contribution >= 0.6 is 22.6 Å². The highest BCUT2D eigenvalue weighted by Crippen LogP contribution is 2.21. The number of halogens is 1. The molecule has 0 saturated carbocycles. The van der Waals surface area contributed by atoms with E-state index < -0.39 is 0 Å². The summed E-state index contributed by atoms with van der Waals surface area (Å²) in [4.78, 5) is 24.5. The highest BCUT2D eigenvalue weighted by atomic mass is 127. The van der Waals surface area contributed by atoms with Gasteiger partial charge in [0.05, 0.1) is 3.57 Å². The number of phenols is 1. The lowest BCUT2D eigenvalue weighted by Crippen LogP contribution is -2.31. The summed E-state index contributed by atoms with van der Waals surface area (Å²) in [6.07, 6.45) is 0.259.